The van der Waals surface area contributed by atoms with Gasteiger partial charge in [-0.25, -0.2) is 4.98 Å². The first-order valence-electron chi connectivity index (χ1n) is 6.61. The standard InChI is InChI=1S/C15H19N3O2/c1-4-18-9-8-16-14(18)11(2)17-15(19)12-6-5-7-13(10-12)20-3/h5-11H,4H2,1-3H3,(H,17,19). The molecular weight excluding hydrogens is 254 g/mol. The number of hydrogen-bond donors (Lipinski definition) is 1. The molecule has 20 heavy (non-hydrogen) atoms. The number of amides is 1. The first kappa shape index (κ1) is 14.1. The van der Waals surface area contributed by atoms with Crippen LogP contribution in [0, 0.1) is 0 Å². The summed E-state index contributed by atoms with van der Waals surface area (Å²) < 4.78 is 7.13. The van der Waals surface area contributed by atoms with E-state index in [9.17, 15) is 4.79 Å². The SMILES string of the molecule is CCn1ccnc1C(C)NC(=O)c1cccc(OC)c1. The van der Waals surface area contributed by atoms with Gasteiger partial charge < -0.3 is 14.6 Å². The average molecular weight is 273 g/mol. The molecule has 1 aromatic heterocycles. The minimum Gasteiger partial charge on any atom is -0.497 e. The van der Waals surface area contributed by atoms with Gasteiger partial charge in [0.15, 0.2) is 0 Å². The molecule has 106 valence electrons. The predicted molar refractivity (Wildman–Crippen MR) is 76.8 cm³/mol. The molecule has 0 aliphatic carbocycles. The topological polar surface area (TPSA) is 56.2 Å². The molecule has 0 saturated heterocycles. The molecule has 1 unspecified atom stereocenters. The van der Waals surface area contributed by atoms with Crippen LogP contribution in [0.5, 0.6) is 5.75 Å². The van der Waals surface area contributed by atoms with Crippen molar-refractivity contribution in [3.8, 4) is 5.75 Å². The van der Waals surface area contributed by atoms with E-state index >= 15 is 0 Å². The fourth-order valence-electron chi connectivity index (χ4n) is 2.08. The minimum absolute atomic E-state index is 0.137. The highest BCUT2D eigenvalue weighted by Crippen LogP contribution is 2.15. The molecular formula is C15H19N3O2. The number of hydrogen-bond acceptors (Lipinski definition) is 3. The van der Waals surface area contributed by atoms with Crippen molar-refractivity contribution in [2.75, 3.05) is 7.11 Å². The summed E-state index contributed by atoms with van der Waals surface area (Å²) >= 11 is 0. The van der Waals surface area contributed by atoms with Gasteiger partial charge in [0.05, 0.1) is 13.2 Å². The van der Waals surface area contributed by atoms with Crippen LogP contribution in [-0.4, -0.2) is 22.6 Å². The smallest absolute Gasteiger partial charge is 0.251 e. The van der Waals surface area contributed by atoms with Crippen LogP contribution >= 0.6 is 0 Å². The molecule has 0 aliphatic rings. The van der Waals surface area contributed by atoms with E-state index in [1.54, 1.807) is 31.5 Å². The highest BCUT2D eigenvalue weighted by Gasteiger charge is 2.15. The second-order valence-corrected chi connectivity index (χ2v) is 4.50. The van der Waals surface area contributed by atoms with Crippen molar-refractivity contribution >= 4 is 5.91 Å². The molecule has 2 aromatic rings. The van der Waals surface area contributed by atoms with E-state index in [0.717, 1.165) is 12.4 Å². The molecule has 1 N–H and O–H groups in total. The lowest BCUT2D eigenvalue weighted by atomic mass is 10.2. The zero-order valence-corrected chi connectivity index (χ0v) is 12.0. The Hall–Kier alpha value is -2.30. The van der Waals surface area contributed by atoms with Crippen LogP contribution in [0.15, 0.2) is 36.7 Å². The molecule has 1 heterocycles. The van der Waals surface area contributed by atoms with Crippen molar-refractivity contribution < 1.29 is 9.53 Å². The molecule has 0 radical (unpaired) electrons. The lowest BCUT2D eigenvalue weighted by Gasteiger charge is -2.15. The summed E-state index contributed by atoms with van der Waals surface area (Å²) in [6.45, 7) is 4.79. The monoisotopic (exact) mass is 273 g/mol. The van der Waals surface area contributed by atoms with Gasteiger partial charge in [-0.2, -0.15) is 0 Å². The van der Waals surface area contributed by atoms with Crippen LogP contribution in [0.1, 0.15) is 36.1 Å². The van der Waals surface area contributed by atoms with Gasteiger partial charge in [-0.05, 0) is 32.0 Å². The number of nitrogens with zero attached hydrogens (tertiary/aromatic N) is 2. The molecule has 1 aromatic carbocycles. The first-order chi connectivity index (χ1) is 9.65. The number of aromatic nitrogens is 2. The minimum atomic E-state index is -0.149. The van der Waals surface area contributed by atoms with Gasteiger partial charge in [-0.1, -0.05) is 6.07 Å². The summed E-state index contributed by atoms with van der Waals surface area (Å²) in [7, 11) is 1.58. The highest BCUT2D eigenvalue weighted by molar-refractivity contribution is 5.94. The molecule has 0 aliphatic heterocycles. The third-order valence-electron chi connectivity index (χ3n) is 3.16. The van der Waals surface area contributed by atoms with Crippen molar-refractivity contribution in [2.24, 2.45) is 0 Å². The summed E-state index contributed by atoms with van der Waals surface area (Å²) in [4.78, 5) is 16.5. The van der Waals surface area contributed by atoms with Gasteiger partial charge in [-0.15, -0.1) is 0 Å². The second-order valence-electron chi connectivity index (χ2n) is 4.50. The number of rotatable bonds is 5. The maximum absolute atomic E-state index is 12.2. The summed E-state index contributed by atoms with van der Waals surface area (Å²) in [6, 6.07) is 6.93. The third kappa shape index (κ3) is 2.99. The van der Waals surface area contributed by atoms with Crippen LogP contribution in [0.25, 0.3) is 0 Å². The van der Waals surface area contributed by atoms with Gasteiger partial charge in [0, 0.05) is 24.5 Å². The molecule has 5 heteroatoms. The normalized spacial score (nSPS) is 11.9. The highest BCUT2D eigenvalue weighted by atomic mass is 16.5. The van der Waals surface area contributed by atoms with E-state index in [2.05, 4.69) is 10.3 Å². The van der Waals surface area contributed by atoms with Crippen molar-refractivity contribution in [3.63, 3.8) is 0 Å². The van der Waals surface area contributed by atoms with Crippen LogP contribution in [0.4, 0.5) is 0 Å². The Labute approximate surface area is 118 Å². The number of imidazole rings is 1. The maximum Gasteiger partial charge on any atom is 0.251 e. The molecule has 0 bridgehead atoms. The van der Waals surface area contributed by atoms with Crippen LogP contribution in [0.2, 0.25) is 0 Å². The van der Waals surface area contributed by atoms with Gasteiger partial charge in [-0.3, -0.25) is 4.79 Å². The van der Waals surface area contributed by atoms with E-state index in [0.29, 0.717) is 11.3 Å². The zero-order chi connectivity index (χ0) is 14.5. The summed E-state index contributed by atoms with van der Waals surface area (Å²) in [6.07, 6.45) is 3.65. The molecule has 5 nitrogen and oxygen atoms in total. The van der Waals surface area contributed by atoms with Gasteiger partial charge in [0.25, 0.3) is 5.91 Å². The summed E-state index contributed by atoms with van der Waals surface area (Å²) in [5.41, 5.74) is 0.575. The van der Waals surface area contributed by atoms with Crippen molar-refractivity contribution in [1.82, 2.24) is 14.9 Å². The van der Waals surface area contributed by atoms with Crippen molar-refractivity contribution in [1.29, 1.82) is 0 Å². The average Bonchev–Trinajstić information content (AvgIpc) is 2.95. The third-order valence-corrected chi connectivity index (χ3v) is 3.16. The summed E-state index contributed by atoms with van der Waals surface area (Å²) in [5.74, 6) is 1.38. The number of nitrogens with one attached hydrogen (secondary N) is 1. The Morgan fingerprint density at radius 2 is 2.30 bits per heavy atom. The van der Waals surface area contributed by atoms with Crippen LogP contribution in [-0.2, 0) is 6.54 Å². The molecule has 0 spiro atoms. The summed E-state index contributed by atoms with van der Waals surface area (Å²) in [5, 5.41) is 2.95. The van der Waals surface area contributed by atoms with Crippen molar-refractivity contribution in [2.45, 2.75) is 26.4 Å². The number of ether oxygens (including phenoxy) is 1. The second kappa shape index (κ2) is 6.23. The van der Waals surface area contributed by atoms with Crippen LogP contribution < -0.4 is 10.1 Å². The zero-order valence-electron chi connectivity index (χ0n) is 12.0. The fourth-order valence-corrected chi connectivity index (χ4v) is 2.08. The molecule has 0 saturated carbocycles. The van der Waals surface area contributed by atoms with Gasteiger partial charge in [0.1, 0.15) is 11.6 Å². The number of benzene rings is 1. The van der Waals surface area contributed by atoms with Gasteiger partial charge >= 0.3 is 0 Å². The Morgan fingerprint density at radius 1 is 1.50 bits per heavy atom. The Kier molecular flexibility index (Phi) is 4.40. The number of carbonyl (C=O) groups excluding carboxylic acids is 1. The predicted octanol–water partition coefficient (Wildman–Crippen LogP) is 2.40. The Balaban J connectivity index is 2.11. The van der Waals surface area contributed by atoms with Crippen molar-refractivity contribution in [3.05, 3.63) is 48.0 Å². The molecule has 1 amide bonds. The van der Waals surface area contributed by atoms with Gasteiger partial charge in [0.2, 0.25) is 0 Å². The van der Waals surface area contributed by atoms with Crippen LogP contribution in [0.3, 0.4) is 0 Å². The van der Waals surface area contributed by atoms with E-state index in [-0.39, 0.29) is 11.9 Å². The molecule has 0 fully saturated rings. The lowest BCUT2D eigenvalue weighted by Crippen LogP contribution is -2.28. The lowest BCUT2D eigenvalue weighted by molar-refractivity contribution is 0.0937. The quantitative estimate of drug-likeness (QED) is 0.910. The maximum atomic E-state index is 12.2. The first-order valence-corrected chi connectivity index (χ1v) is 6.61. The number of methoxy groups -OCH3 is 1. The largest absolute Gasteiger partial charge is 0.497 e. The number of carbonyl (C=O) groups is 1. The van der Waals surface area contributed by atoms with E-state index < -0.39 is 0 Å². The number of aryl methyl sites for hydroxylation is 1. The fraction of sp³-hybridized carbons (Fsp3) is 0.333. The van der Waals surface area contributed by atoms with E-state index in [4.69, 9.17) is 4.74 Å². The molecule has 2 rings (SSSR count). The van der Waals surface area contributed by atoms with E-state index in [1.165, 1.54) is 0 Å². The molecule has 1 atom stereocenters. The van der Waals surface area contributed by atoms with E-state index in [1.807, 2.05) is 30.7 Å². The Bertz CT molecular complexity index is 592. The Morgan fingerprint density at radius 3 is 3.00 bits per heavy atom.